The lowest BCUT2D eigenvalue weighted by atomic mass is 10.0. The maximum atomic E-state index is 12.7. The minimum atomic E-state index is -0.540. The number of hydrogen-bond donors (Lipinski definition) is 4. The molecule has 0 aromatic heterocycles. The fraction of sp³-hybridized carbons (Fsp3) is 0.667. The second-order valence-corrected chi connectivity index (χ2v) is 9.89. The molecule has 12 heteroatoms. The van der Waals surface area contributed by atoms with Crippen LogP contribution in [0.2, 0.25) is 0 Å². The number of nitrogens with one attached hydrogen (secondary N) is 4. The zero-order chi connectivity index (χ0) is 30.8. The first-order valence-electron chi connectivity index (χ1n) is 14.9. The Morgan fingerprint density at radius 3 is 2.26 bits per heavy atom. The van der Waals surface area contributed by atoms with Crippen molar-refractivity contribution in [2.45, 2.75) is 58.0 Å². The van der Waals surface area contributed by atoms with Gasteiger partial charge in [-0.2, -0.15) is 0 Å². The summed E-state index contributed by atoms with van der Waals surface area (Å²) in [6, 6.07) is 4.62. The van der Waals surface area contributed by atoms with Gasteiger partial charge < -0.3 is 30.2 Å². The second kappa shape index (κ2) is 24.8. The van der Waals surface area contributed by atoms with Crippen LogP contribution >= 0.6 is 0 Å². The number of benzene rings is 1. The zero-order valence-corrected chi connectivity index (χ0v) is 25.6. The van der Waals surface area contributed by atoms with Crippen LogP contribution in [0.1, 0.15) is 61.4 Å². The Morgan fingerprint density at radius 2 is 1.62 bits per heavy atom. The molecule has 0 spiro atoms. The third-order valence-electron chi connectivity index (χ3n) is 6.54. The van der Waals surface area contributed by atoms with E-state index >= 15 is 0 Å². The average Bonchev–Trinajstić information content (AvgIpc) is 2.98. The predicted octanol–water partition coefficient (Wildman–Crippen LogP) is 1.73. The van der Waals surface area contributed by atoms with Gasteiger partial charge in [-0.25, -0.2) is 0 Å². The third kappa shape index (κ3) is 16.6. The molecule has 42 heavy (non-hydrogen) atoms. The highest BCUT2D eigenvalue weighted by molar-refractivity contribution is 5.93. The van der Waals surface area contributed by atoms with Crippen LogP contribution in [0.3, 0.4) is 0 Å². The van der Waals surface area contributed by atoms with Gasteiger partial charge in [0.15, 0.2) is 0 Å². The first kappa shape index (κ1) is 37.3. The molecule has 0 aliphatic carbocycles. The minimum absolute atomic E-state index is 0.126. The van der Waals surface area contributed by atoms with E-state index in [-0.39, 0.29) is 12.5 Å². The number of imide groups is 1. The molecule has 12 nitrogen and oxygen atoms in total. The molecule has 0 saturated carbocycles. The van der Waals surface area contributed by atoms with E-state index in [4.69, 9.17) is 14.2 Å². The third-order valence-corrected chi connectivity index (χ3v) is 6.54. The molecule has 0 heterocycles. The number of aldehydes is 1. The molecular weight excluding hydrogens is 542 g/mol. The molecule has 4 N–H and O–H groups in total. The summed E-state index contributed by atoms with van der Waals surface area (Å²) >= 11 is 0. The van der Waals surface area contributed by atoms with Gasteiger partial charge in [0.2, 0.25) is 18.2 Å². The number of rotatable bonds is 27. The van der Waals surface area contributed by atoms with E-state index < -0.39 is 11.9 Å². The molecule has 3 amide bonds. The van der Waals surface area contributed by atoms with Crippen molar-refractivity contribution < 1.29 is 33.4 Å². The molecule has 1 aromatic rings. The van der Waals surface area contributed by atoms with Crippen LogP contribution in [0.4, 0.5) is 5.69 Å². The number of amides is 3. The van der Waals surface area contributed by atoms with Crippen molar-refractivity contribution in [1.82, 2.24) is 20.9 Å². The molecular formula is C30H51N5O7. The van der Waals surface area contributed by atoms with E-state index in [1.54, 1.807) is 30.1 Å². The van der Waals surface area contributed by atoms with E-state index in [9.17, 15) is 19.2 Å². The van der Waals surface area contributed by atoms with Crippen LogP contribution in [-0.4, -0.2) is 109 Å². The van der Waals surface area contributed by atoms with Crippen molar-refractivity contribution in [1.29, 1.82) is 0 Å². The number of likely N-dealkylation sites (N-methyl/N-ethyl adjacent to an activating group) is 2. The van der Waals surface area contributed by atoms with Crippen molar-refractivity contribution in [3.05, 3.63) is 29.3 Å². The number of ether oxygens (including phenoxy) is 3. The second-order valence-electron chi connectivity index (χ2n) is 9.89. The lowest BCUT2D eigenvalue weighted by molar-refractivity contribution is -0.129. The molecule has 0 bridgehead atoms. The Hall–Kier alpha value is -2.74. The summed E-state index contributed by atoms with van der Waals surface area (Å²) in [6.07, 6.45) is 5.37. The lowest BCUT2D eigenvalue weighted by Gasteiger charge is -2.27. The summed E-state index contributed by atoms with van der Waals surface area (Å²) in [4.78, 5) is 49.4. The van der Waals surface area contributed by atoms with Gasteiger partial charge in [0.25, 0.3) is 0 Å². The quantitative estimate of drug-likeness (QED) is 0.0878. The van der Waals surface area contributed by atoms with Crippen LogP contribution in [0.5, 0.6) is 0 Å². The van der Waals surface area contributed by atoms with Crippen LogP contribution < -0.4 is 21.3 Å². The Morgan fingerprint density at radius 1 is 0.929 bits per heavy atom. The molecule has 0 saturated heterocycles. The molecule has 1 unspecified atom stereocenters. The van der Waals surface area contributed by atoms with Crippen LogP contribution in [0.25, 0.3) is 0 Å². The van der Waals surface area contributed by atoms with Crippen LogP contribution in [-0.2, 0) is 35.1 Å². The number of nitrogens with zero attached hydrogens (tertiary/aromatic N) is 1. The molecule has 238 valence electrons. The molecule has 1 aromatic carbocycles. The maximum Gasteiger partial charge on any atom is 0.243 e. The van der Waals surface area contributed by atoms with Gasteiger partial charge in [-0.05, 0) is 46.0 Å². The van der Waals surface area contributed by atoms with Crippen molar-refractivity contribution in [3.8, 4) is 0 Å². The highest BCUT2D eigenvalue weighted by Gasteiger charge is 2.24. The SMILES string of the molecule is CCCC(C(=O)NC=O)N(C)Cc1c(C=O)cccc1NC(=O)CCCCCNCCOCCOCCOCCNC. The van der Waals surface area contributed by atoms with Gasteiger partial charge in [-0.3, -0.25) is 29.4 Å². The molecule has 0 fully saturated rings. The Labute approximate surface area is 250 Å². The number of anilines is 1. The van der Waals surface area contributed by atoms with E-state index in [0.717, 1.165) is 51.6 Å². The van der Waals surface area contributed by atoms with Gasteiger partial charge in [0.05, 0.1) is 45.7 Å². The number of carbonyl (C=O) groups excluding carboxylic acids is 4. The smallest absolute Gasteiger partial charge is 0.243 e. The molecule has 0 aliphatic rings. The van der Waals surface area contributed by atoms with Crippen molar-refractivity contribution >= 4 is 30.2 Å². The Bertz CT molecular complexity index is 903. The first-order chi connectivity index (χ1) is 20.5. The fourth-order valence-electron chi connectivity index (χ4n) is 4.26. The monoisotopic (exact) mass is 593 g/mol. The van der Waals surface area contributed by atoms with E-state index in [1.807, 2.05) is 14.0 Å². The molecule has 1 rings (SSSR count). The van der Waals surface area contributed by atoms with Gasteiger partial charge in [-0.15, -0.1) is 0 Å². The summed E-state index contributed by atoms with van der Waals surface area (Å²) in [5, 5.41) is 11.5. The summed E-state index contributed by atoms with van der Waals surface area (Å²) in [7, 11) is 3.65. The summed E-state index contributed by atoms with van der Waals surface area (Å²) < 4.78 is 16.4. The van der Waals surface area contributed by atoms with E-state index in [0.29, 0.717) is 75.7 Å². The number of unbranched alkanes of at least 4 members (excludes halogenated alkanes) is 2. The van der Waals surface area contributed by atoms with Crippen molar-refractivity contribution in [2.75, 3.05) is 78.7 Å². The highest BCUT2D eigenvalue weighted by Crippen LogP contribution is 2.23. The van der Waals surface area contributed by atoms with Crippen molar-refractivity contribution in [2.24, 2.45) is 0 Å². The first-order valence-corrected chi connectivity index (χ1v) is 14.9. The molecule has 0 aliphatic heterocycles. The van der Waals surface area contributed by atoms with E-state index in [2.05, 4.69) is 21.3 Å². The van der Waals surface area contributed by atoms with Gasteiger partial charge in [0, 0.05) is 42.9 Å². The van der Waals surface area contributed by atoms with Crippen molar-refractivity contribution in [3.63, 3.8) is 0 Å². The topological polar surface area (TPSA) is 147 Å². The Balaban J connectivity index is 2.30. The average molecular weight is 594 g/mol. The summed E-state index contributed by atoms with van der Waals surface area (Å²) in [5.74, 6) is -0.521. The van der Waals surface area contributed by atoms with Gasteiger partial charge in [0.1, 0.15) is 6.29 Å². The minimum Gasteiger partial charge on any atom is -0.378 e. The van der Waals surface area contributed by atoms with Gasteiger partial charge >= 0.3 is 0 Å². The standard InChI is InChI=1S/C30H51N5O7/c1-4-9-28(30(39)33-24-37)35(3)22-26-25(23-36)10-8-11-27(26)34-29(38)12-6-5-7-13-32-15-17-41-19-21-42-20-18-40-16-14-31-2/h8,10-11,23-24,28,31-32H,4-7,9,12-22H2,1-3H3,(H,34,38)(H,33,37,39). The summed E-state index contributed by atoms with van der Waals surface area (Å²) in [5.41, 5.74) is 1.63. The largest absolute Gasteiger partial charge is 0.378 e. The number of carbonyl (C=O) groups is 4. The predicted molar refractivity (Wildman–Crippen MR) is 163 cm³/mol. The zero-order valence-electron chi connectivity index (χ0n) is 25.6. The van der Waals surface area contributed by atoms with E-state index in [1.165, 1.54) is 0 Å². The highest BCUT2D eigenvalue weighted by atomic mass is 16.5. The van der Waals surface area contributed by atoms with Crippen LogP contribution in [0.15, 0.2) is 18.2 Å². The van der Waals surface area contributed by atoms with Crippen LogP contribution in [0, 0.1) is 0 Å². The molecule has 1 atom stereocenters. The normalized spacial score (nSPS) is 11.8. The summed E-state index contributed by atoms with van der Waals surface area (Å²) in [6.45, 7) is 8.20. The number of hydrogen-bond acceptors (Lipinski definition) is 10. The maximum absolute atomic E-state index is 12.7. The fourth-order valence-corrected chi connectivity index (χ4v) is 4.26. The van der Waals surface area contributed by atoms with Gasteiger partial charge in [-0.1, -0.05) is 31.9 Å². The molecule has 0 radical (unpaired) electrons. The lowest BCUT2D eigenvalue weighted by Crippen LogP contribution is -2.44. The Kier molecular flexibility index (Phi) is 22.0.